The molecule has 0 unspecified atom stereocenters. The summed E-state index contributed by atoms with van der Waals surface area (Å²) in [5.74, 6) is 0. The number of anilines is 2. The lowest BCUT2D eigenvalue weighted by Crippen LogP contribution is -2.58. The van der Waals surface area contributed by atoms with E-state index in [4.69, 9.17) is 23.2 Å². The fourth-order valence-corrected chi connectivity index (χ4v) is 4.16. The first-order valence-electron chi connectivity index (χ1n) is 10.1. The molecule has 2 aromatic carbocycles. The molecule has 0 aromatic heterocycles. The van der Waals surface area contributed by atoms with Crippen LogP contribution in [-0.2, 0) is 0 Å². The van der Waals surface area contributed by atoms with Crippen molar-refractivity contribution in [1.29, 1.82) is 0 Å². The molecule has 4 amide bonds. The lowest BCUT2D eigenvalue weighted by Gasteiger charge is -2.38. The molecular weight excluding hydrogens is 439 g/mol. The van der Waals surface area contributed by atoms with Crippen LogP contribution in [0.15, 0.2) is 48.5 Å². The Kier molecular flexibility index (Phi) is 6.99. The minimum absolute atomic E-state index is 0.305. The number of hydroxylamine groups is 2. The van der Waals surface area contributed by atoms with Crippen molar-refractivity contribution in [3.63, 3.8) is 0 Å². The number of amides is 4. The second-order valence-corrected chi connectivity index (χ2v) is 8.82. The number of nitrogens with zero attached hydrogens (tertiary/aromatic N) is 3. The normalized spacial score (nSPS) is 17.7. The van der Waals surface area contributed by atoms with Gasteiger partial charge >= 0.3 is 12.1 Å². The molecule has 0 bridgehead atoms. The highest BCUT2D eigenvalue weighted by molar-refractivity contribution is 6.31. The van der Waals surface area contributed by atoms with Crippen molar-refractivity contribution in [3.8, 4) is 0 Å². The molecule has 1 saturated heterocycles. The van der Waals surface area contributed by atoms with E-state index >= 15 is 0 Å². The molecule has 166 valence electrons. The first kappa shape index (κ1) is 23.2. The standard InChI is InChI=1S/C22H26Cl2N4O3/c1-4-5-12-26-21(30)27(18-11-7-9-16(24)14-18)19(22(26,2)3)28(31)20(29)25-17-10-6-8-15(23)13-17/h6-11,13-14,19,31H,4-5,12H2,1-3H3,(H,25,29)/t19-/m1/s1. The third kappa shape index (κ3) is 4.74. The van der Waals surface area contributed by atoms with Crippen LogP contribution in [0, 0.1) is 0 Å². The Bertz CT molecular complexity index is 969. The fourth-order valence-electron chi connectivity index (χ4n) is 3.78. The van der Waals surface area contributed by atoms with Crippen molar-refractivity contribution >= 4 is 46.6 Å². The monoisotopic (exact) mass is 464 g/mol. The van der Waals surface area contributed by atoms with Crippen molar-refractivity contribution in [2.75, 3.05) is 16.8 Å². The van der Waals surface area contributed by atoms with Gasteiger partial charge < -0.3 is 10.2 Å². The van der Waals surface area contributed by atoms with Crippen LogP contribution < -0.4 is 10.2 Å². The lowest BCUT2D eigenvalue weighted by atomic mass is 9.99. The first-order chi connectivity index (χ1) is 14.7. The summed E-state index contributed by atoms with van der Waals surface area (Å²) in [6, 6.07) is 12.3. The summed E-state index contributed by atoms with van der Waals surface area (Å²) in [6.45, 7) is 6.19. The summed E-state index contributed by atoms with van der Waals surface area (Å²) < 4.78 is 0. The smallest absolute Gasteiger partial charge is 0.315 e. The first-order valence-corrected chi connectivity index (χ1v) is 10.8. The topological polar surface area (TPSA) is 76.1 Å². The second-order valence-electron chi connectivity index (χ2n) is 7.95. The van der Waals surface area contributed by atoms with E-state index in [1.165, 1.54) is 4.90 Å². The van der Waals surface area contributed by atoms with Crippen molar-refractivity contribution in [2.24, 2.45) is 0 Å². The zero-order valence-electron chi connectivity index (χ0n) is 17.7. The van der Waals surface area contributed by atoms with Crippen LogP contribution in [0.5, 0.6) is 0 Å². The minimum Gasteiger partial charge on any atom is -0.315 e. The van der Waals surface area contributed by atoms with E-state index < -0.39 is 17.7 Å². The van der Waals surface area contributed by atoms with Gasteiger partial charge in [0.2, 0.25) is 0 Å². The Morgan fingerprint density at radius 3 is 2.42 bits per heavy atom. The van der Waals surface area contributed by atoms with E-state index in [1.807, 2.05) is 20.8 Å². The number of carbonyl (C=O) groups is 2. The van der Waals surface area contributed by atoms with Crippen LogP contribution in [0.4, 0.5) is 21.0 Å². The summed E-state index contributed by atoms with van der Waals surface area (Å²) >= 11 is 12.1. The Morgan fingerprint density at radius 2 is 1.81 bits per heavy atom. The van der Waals surface area contributed by atoms with E-state index in [9.17, 15) is 14.8 Å². The summed E-state index contributed by atoms with van der Waals surface area (Å²) in [5, 5.41) is 15.1. The third-order valence-corrected chi connectivity index (χ3v) is 5.82. The zero-order chi connectivity index (χ0) is 22.8. The average Bonchev–Trinajstić information content (AvgIpc) is 2.90. The lowest BCUT2D eigenvalue weighted by molar-refractivity contribution is -0.0949. The summed E-state index contributed by atoms with van der Waals surface area (Å²) in [6.07, 6.45) is 0.708. The second kappa shape index (κ2) is 9.34. The van der Waals surface area contributed by atoms with Gasteiger partial charge in [-0.25, -0.2) is 9.59 Å². The summed E-state index contributed by atoms with van der Waals surface area (Å²) in [7, 11) is 0. The van der Waals surface area contributed by atoms with Crippen LogP contribution in [0.1, 0.15) is 33.6 Å². The highest BCUT2D eigenvalue weighted by Crippen LogP contribution is 2.38. The van der Waals surface area contributed by atoms with Gasteiger partial charge in [-0.15, -0.1) is 0 Å². The number of unbranched alkanes of at least 4 members (excludes halogenated alkanes) is 1. The van der Waals surface area contributed by atoms with Crippen LogP contribution in [0.3, 0.4) is 0 Å². The van der Waals surface area contributed by atoms with Gasteiger partial charge in [-0.05, 0) is 56.7 Å². The number of hydrogen-bond donors (Lipinski definition) is 2. The van der Waals surface area contributed by atoms with E-state index in [-0.39, 0.29) is 6.03 Å². The van der Waals surface area contributed by atoms with E-state index in [0.29, 0.717) is 33.0 Å². The number of carbonyl (C=O) groups excluding carboxylic acids is 2. The van der Waals surface area contributed by atoms with Gasteiger partial charge in [0.15, 0.2) is 6.17 Å². The molecule has 0 aliphatic carbocycles. The van der Waals surface area contributed by atoms with Crippen molar-refractivity contribution in [2.45, 2.75) is 45.3 Å². The van der Waals surface area contributed by atoms with E-state index in [0.717, 1.165) is 12.8 Å². The van der Waals surface area contributed by atoms with Gasteiger partial charge in [-0.2, -0.15) is 5.06 Å². The SMILES string of the molecule is CCCCN1C(=O)N(c2cccc(Cl)c2)[C@H](N(O)C(=O)Nc2cccc(Cl)c2)C1(C)C. The Morgan fingerprint density at radius 1 is 1.16 bits per heavy atom. The molecule has 1 aliphatic rings. The molecule has 0 spiro atoms. The molecule has 1 aliphatic heterocycles. The minimum atomic E-state index is -0.991. The maximum Gasteiger partial charge on any atom is 0.347 e. The fraction of sp³-hybridized carbons (Fsp3) is 0.364. The molecule has 1 heterocycles. The predicted octanol–water partition coefficient (Wildman–Crippen LogP) is 6.06. The molecule has 2 aromatic rings. The van der Waals surface area contributed by atoms with Gasteiger partial charge in [0.05, 0.1) is 5.54 Å². The highest BCUT2D eigenvalue weighted by atomic mass is 35.5. The molecule has 31 heavy (non-hydrogen) atoms. The molecule has 3 rings (SSSR count). The zero-order valence-corrected chi connectivity index (χ0v) is 19.2. The number of hydrogen-bond acceptors (Lipinski definition) is 3. The third-order valence-electron chi connectivity index (χ3n) is 5.35. The highest BCUT2D eigenvalue weighted by Gasteiger charge is 2.55. The predicted molar refractivity (Wildman–Crippen MR) is 123 cm³/mol. The van der Waals surface area contributed by atoms with E-state index in [1.54, 1.807) is 53.4 Å². The van der Waals surface area contributed by atoms with Crippen LogP contribution in [0.2, 0.25) is 10.0 Å². The largest absolute Gasteiger partial charge is 0.347 e. The maximum absolute atomic E-state index is 13.4. The number of nitrogens with one attached hydrogen (secondary N) is 1. The Hall–Kier alpha value is -2.48. The molecule has 0 saturated carbocycles. The van der Waals surface area contributed by atoms with Gasteiger partial charge in [0.25, 0.3) is 0 Å². The van der Waals surface area contributed by atoms with Crippen molar-refractivity contribution < 1.29 is 14.8 Å². The van der Waals surface area contributed by atoms with Crippen LogP contribution in [0.25, 0.3) is 0 Å². The Balaban J connectivity index is 1.97. The Labute approximate surface area is 192 Å². The van der Waals surface area contributed by atoms with Crippen LogP contribution >= 0.6 is 23.2 Å². The van der Waals surface area contributed by atoms with Gasteiger partial charge in [-0.1, -0.05) is 48.7 Å². The molecule has 9 heteroatoms. The van der Waals surface area contributed by atoms with Crippen molar-refractivity contribution in [1.82, 2.24) is 9.96 Å². The quantitative estimate of drug-likeness (QED) is 0.402. The number of urea groups is 2. The average molecular weight is 465 g/mol. The van der Waals surface area contributed by atoms with Gasteiger partial charge in [0.1, 0.15) is 0 Å². The molecule has 1 atom stereocenters. The molecule has 7 nitrogen and oxygen atoms in total. The van der Waals surface area contributed by atoms with Gasteiger partial charge in [0, 0.05) is 28.0 Å². The number of benzene rings is 2. The molecule has 2 N–H and O–H groups in total. The maximum atomic E-state index is 13.4. The van der Waals surface area contributed by atoms with Crippen molar-refractivity contribution in [3.05, 3.63) is 58.6 Å². The number of rotatable bonds is 6. The molecule has 1 fully saturated rings. The molecular formula is C22H26Cl2N4O3. The number of halogens is 2. The van der Waals surface area contributed by atoms with Gasteiger partial charge in [-0.3, -0.25) is 10.1 Å². The van der Waals surface area contributed by atoms with E-state index in [2.05, 4.69) is 5.32 Å². The molecule has 0 radical (unpaired) electrons. The van der Waals surface area contributed by atoms with Crippen LogP contribution in [-0.4, -0.2) is 45.5 Å². The summed E-state index contributed by atoms with van der Waals surface area (Å²) in [5.41, 5.74) is 0.0367. The summed E-state index contributed by atoms with van der Waals surface area (Å²) in [4.78, 5) is 29.4.